The maximum atomic E-state index is 12.5. The van der Waals surface area contributed by atoms with Crippen LogP contribution in [0.25, 0.3) is 0 Å². The molecule has 20 heavy (non-hydrogen) atoms. The Kier molecular flexibility index (Phi) is 6.10. The van der Waals surface area contributed by atoms with Crippen LogP contribution < -0.4 is 5.73 Å². The first-order valence-corrected chi connectivity index (χ1v) is 8.55. The topological polar surface area (TPSA) is 76.3 Å². The fourth-order valence-electron chi connectivity index (χ4n) is 2.01. The molecule has 0 spiro atoms. The average molecular weight is 299 g/mol. The molecule has 0 bridgehead atoms. The summed E-state index contributed by atoms with van der Waals surface area (Å²) in [7, 11) is -3.34. The van der Waals surface area contributed by atoms with E-state index in [1.165, 1.54) is 4.31 Å². The molecule has 0 aliphatic rings. The lowest BCUT2D eigenvalue weighted by Crippen LogP contribution is -2.53. The molecule has 0 radical (unpaired) electrons. The van der Waals surface area contributed by atoms with Gasteiger partial charge in [0.15, 0.2) is 0 Å². The van der Waals surface area contributed by atoms with E-state index in [-0.39, 0.29) is 5.75 Å². The summed E-state index contributed by atoms with van der Waals surface area (Å²) in [4.78, 5) is 4.16. The largest absolute Gasteiger partial charge is 0.329 e. The zero-order chi connectivity index (χ0) is 15.2. The van der Waals surface area contributed by atoms with Gasteiger partial charge in [0, 0.05) is 36.9 Å². The average Bonchev–Trinajstić information content (AvgIpc) is 2.43. The van der Waals surface area contributed by atoms with Gasteiger partial charge in [0.2, 0.25) is 10.0 Å². The summed E-state index contributed by atoms with van der Waals surface area (Å²) in [5.41, 5.74) is 5.96. The first-order valence-electron chi connectivity index (χ1n) is 6.94. The van der Waals surface area contributed by atoms with E-state index in [4.69, 9.17) is 5.73 Å². The van der Waals surface area contributed by atoms with Gasteiger partial charge in [-0.3, -0.25) is 4.98 Å². The van der Waals surface area contributed by atoms with Crippen LogP contribution >= 0.6 is 0 Å². The summed E-state index contributed by atoms with van der Waals surface area (Å²) in [5, 5.41) is 0. The van der Waals surface area contributed by atoms with Crippen LogP contribution in [0.2, 0.25) is 0 Å². The predicted molar refractivity (Wildman–Crippen MR) is 81.9 cm³/mol. The van der Waals surface area contributed by atoms with Gasteiger partial charge < -0.3 is 5.73 Å². The second-order valence-corrected chi connectivity index (χ2v) is 7.49. The quantitative estimate of drug-likeness (QED) is 0.787. The zero-order valence-electron chi connectivity index (χ0n) is 12.5. The molecule has 1 rings (SSSR count). The van der Waals surface area contributed by atoms with Crippen LogP contribution in [0.4, 0.5) is 0 Å². The standard InChI is InChI=1S/C14H25N3O2S/c1-4-10-17(14(2,3)12-15)20(18,19)11-8-13-7-5-6-9-16-13/h5-7,9H,4,8,10-12,15H2,1-3H3. The minimum absolute atomic E-state index is 0.0629. The monoisotopic (exact) mass is 299 g/mol. The smallest absolute Gasteiger partial charge is 0.215 e. The molecular weight excluding hydrogens is 274 g/mol. The number of sulfonamides is 1. The van der Waals surface area contributed by atoms with Crippen molar-refractivity contribution in [1.29, 1.82) is 0 Å². The number of aryl methyl sites for hydroxylation is 1. The number of hydrogen-bond acceptors (Lipinski definition) is 4. The van der Waals surface area contributed by atoms with Crippen LogP contribution in [-0.2, 0) is 16.4 Å². The third kappa shape index (κ3) is 4.54. The summed E-state index contributed by atoms with van der Waals surface area (Å²) in [6.45, 7) is 6.49. The lowest BCUT2D eigenvalue weighted by Gasteiger charge is -2.36. The normalized spacial score (nSPS) is 12.8. The van der Waals surface area contributed by atoms with Crippen molar-refractivity contribution in [2.45, 2.75) is 39.2 Å². The van der Waals surface area contributed by atoms with Crippen LogP contribution in [0.15, 0.2) is 24.4 Å². The number of rotatable bonds is 8. The van der Waals surface area contributed by atoms with E-state index in [1.807, 2.05) is 39.0 Å². The first kappa shape index (κ1) is 17.1. The molecule has 0 unspecified atom stereocenters. The molecule has 1 heterocycles. The molecule has 0 amide bonds. The van der Waals surface area contributed by atoms with Crippen molar-refractivity contribution >= 4 is 10.0 Å². The highest BCUT2D eigenvalue weighted by molar-refractivity contribution is 7.89. The first-order chi connectivity index (χ1) is 9.33. The third-order valence-corrected chi connectivity index (χ3v) is 5.35. The van der Waals surface area contributed by atoms with Gasteiger partial charge in [0.05, 0.1) is 5.75 Å². The fraction of sp³-hybridized carbons (Fsp3) is 0.643. The van der Waals surface area contributed by atoms with Gasteiger partial charge in [-0.2, -0.15) is 4.31 Å². The number of nitrogens with two attached hydrogens (primary N) is 1. The van der Waals surface area contributed by atoms with Crippen LogP contribution in [0, 0.1) is 0 Å². The van der Waals surface area contributed by atoms with E-state index in [0.29, 0.717) is 19.5 Å². The molecule has 0 aliphatic carbocycles. The third-order valence-electron chi connectivity index (χ3n) is 3.28. The SMILES string of the molecule is CCCN(C(C)(C)CN)S(=O)(=O)CCc1ccccn1. The Hall–Kier alpha value is -0.980. The van der Waals surface area contributed by atoms with Crippen molar-refractivity contribution in [1.82, 2.24) is 9.29 Å². The Bertz CT molecular complexity index is 500. The van der Waals surface area contributed by atoms with Crippen molar-refractivity contribution in [2.75, 3.05) is 18.8 Å². The second-order valence-electron chi connectivity index (χ2n) is 5.48. The molecule has 0 aliphatic heterocycles. The summed E-state index contributed by atoms with van der Waals surface area (Å²) in [6, 6.07) is 5.52. The lowest BCUT2D eigenvalue weighted by atomic mass is 10.1. The Morgan fingerprint density at radius 3 is 2.55 bits per heavy atom. The fourth-order valence-corrected chi connectivity index (χ4v) is 3.99. The second kappa shape index (κ2) is 7.15. The van der Waals surface area contributed by atoms with E-state index in [9.17, 15) is 8.42 Å². The summed E-state index contributed by atoms with van der Waals surface area (Å²) < 4.78 is 26.6. The number of pyridine rings is 1. The van der Waals surface area contributed by atoms with E-state index >= 15 is 0 Å². The number of aromatic nitrogens is 1. The predicted octanol–water partition coefficient (Wildman–Crippen LogP) is 1.40. The van der Waals surface area contributed by atoms with Crippen LogP contribution in [0.1, 0.15) is 32.9 Å². The molecule has 2 N–H and O–H groups in total. The summed E-state index contributed by atoms with van der Waals surface area (Å²) in [6.07, 6.45) is 2.87. The van der Waals surface area contributed by atoms with E-state index in [1.54, 1.807) is 6.20 Å². The van der Waals surface area contributed by atoms with E-state index in [0.717, 1.165) is 12.1 Å². The van der Waals surface area contributed by atoms with Crippen molar-refractivity contribution in [3.63, 3.8) is 0 Å². The molecule has 0 fully saturated rings. The highest BCUT2D eigenvalue weighted by Gasteiger charge is 2.34. The van der Waals surface area contributed by atoms with Gasteiger partial charge in [-0.05, 0) is 32.4 Å². The Morgan fingerprint density at radius 1 is 1.35 bits per heavy atom. The minimum Gasteiger partial charge on any atom is -0.329 e. The van der Waals surface area contributed by atoms with Crippen molar-refractivity contribution in [3.8, 4) is 0 Å². The van der Waals surface area contributed by atoms with Crippen LogP contribution in [0.5, 0.6) is 0 Å². The van der Waals surface area contributed by atoms with Crippen molar-refractivity contribution in [2.24, 2.45) is 5.73 Å². The Morgan fingerprint density at radius 2 is 2.05 bits per heavy atom. The number of hydrogen-bond donors (Lipinski definition) is 1. The van der Waals surface area contributed by atoms with Gasteiger partial charge in [-0.1, -0.05) is 13.0 Å². The molecule has 0 saturated carbocycles. The van der Waals surface area contributed by atoms with E-state index in [2.05, 4.69) is 4.98 Å². The zero-order valence-corrected chi connectivity index (χ0v) is 13.4. The maximum absolute atomic E-state index is 12.5. The highest BCUT2D eigenvalue weighted by atomic mass is 32.2. The molecule has 0 saturated heterocycles. The molecular formula is C14H25N3O2S. The minimum atomic E-state index is -3.34. The lowest BCUT2D eigenvalue weighted by molar-refractivity contribution is 0.235. The van der Waals surface area contributed by atoms with Gasteiger partial charge in [0.1, 0.15) is 0 Å². The van der Waals surface area contributed by atoms with Crippen LogP contribution in [-0.4, -0.2) is 42.1 Å². The van der Waals surface area contributed by atoms with Crippen molar-refractivity contribution in [3.05, 3.63) is 30.1 Å². The van der Waals surface area contributed by atoms with Gasteiger partial charge in [-0.25, -0.2) is 8.42 Å². The summed E-state index contributed by atoms with van der Waals surface area (Å²) >= 11 is 0. The van der Waals surface area contributed by atoms with Gasteiger partial charge in [-0.15, -0.1) is 0 Å². The highest BCUT2D eigenvalue weighted by Crippen LogP contribution is 2.19. The maximum Gasteiger partial charge on any atom is 0.215 e. The molecule has 114 valence electrons. The molecule has 1 aromatic heterocycles. The van der Waals surface area contributed by atoms with Gasteiger partial charge in [0.25, 0.3) is 0 Å². The Balaban J connectivity index is 2.83. The molecule has 5 nitrogen and oxygen atoms in total. The summed E-state index contributed by atoms with van der Waals surface area (Å²) in [5.74, 6) is 0.0629. The Labute approximate surface area is 122 Å². The molecule has 1 aromatic rings. The van der Waals surface area contributed by atoms with Crippen LogP contribution in [0.3, 0.4) is 0 Å². The number of nitrogens with zero attached hydrogens (tertiary/aromatic N) is 2. The van der Waals surface area contributed by atoms with Crippen molar-refractivity contribution < 1.29 is 8.42 Å². The molecule has 0 aromatic carbocycles. The molecule has 6 heteroatoms. The van der Waals surface area contributed by atoms with Gasteiger partial charge >= 0.3 is 0 Å². The molecule has 0 atom stereocenters. The van der Waals surface area contributed by atoms with E-state index < -0.39 is 15.6 Å².